The summed E-state index contributed by atoms with van der Waals surface area (Å²) in [6, 6.07) is 13.4. The molecule has 3 nitrogen and oxygen atoms in total. The number of nitro benzene ring substituents is 1. The predicted octanol–water partition coefficient (Wildman–Crippen LogP) is 5.18. The van der Waals surface area contributed by atoms with Crippen LogP contribution in [0.1, 0.15) is 0 Å². The maximum atomic E-state index is 10.8. The van der Waals surface area contributed by atoms with Crippen molar-refractivity contribution in [2.75, 3.05) is 0 Å². The van der Waals surface area contributed by atoms with Gasteiger partial charge in [-0.1, -0.05) is 18.2 Å². The molecule has 0 fully saturated rings. The van der Waals surface area contributed by atoms with Gasteiger partial charge in [0.15, 0.2) is 0 Å². The molecule has 0 atom stereocenters. The first-order valence-corrected chi connectivity index (χ1v) is 7.35. The molecular weight excluding hydrogens is 278 g/mol. The Morgan fingerprint density at radius 1 is 0.895 bits per heavy atom. The van der Waals surface area contributed by atoms with E-state index in [1.807, 2.05) is 18.2 Å². The van der Waals surface area contributed by atoms with Crippen LogP contribution in [-0.2, 0) is 0 Å². The Morgan fingerprint density at radius 3 is 2.37 bits per heavy atom. The maximum Gasteiger partial charge on any atom is 0.270 e. The van der Waals surface area contributed by atoms with Gasteiger partial charge in [0.25, 0.3) is 5.69 Å². The summed E-state index contributed by atoms with van der Waals surface area (Å²) in [5.74, 6) is 0. The van der Waals surface area contributed by atoms with Crippen molar-refractivity contribution < 1.29 is 4.92 Å². The molecule has 0 saturated carbocycles. The fourth-order valence-corrected chi connectivity index (χ4v) is 4.99. The third-order valence-electron chi connectivity index (χ3n) is 3.18. The molecule has 0 amide bonds. The maximum absolute atomic E-state index is 10.8. The second-order valence-corrected chi connectivity index (χ2v) is 6.40. The smallest absolute Gasteiger partial charge is 0.258 e. The third kappa shape index (κ3) is 1.49. The monoisotopic (exact) mass is 285 g/mol. The number of rotatable bonds is 1. The fraction of sp³-hybridized carbons (Fsp3) is 0. The molecule has 0 radical (unpaired) electrons. The van der Waals surface area contributed by atoms with Crippen molar-refractivity contribution in [1.82, 2.24) is 0 Å². The minimum absolute atomic E-state index is 0.158. The number of nitrogens with zero attached hydrogens (tertiary/aromatic N) is 1. The van der Waals surface area contributed by atoms with Crippen LogP contribution >= 0.6 is 22.7 Å². The Balaban J connectivity index is 2.15. The first kappa shape index (κ1) is 10.9. The lowest BCUT2D eigenvalue weighted by Crippen LogP contribution is -1.85. The van der Waals surface area contributed by atoms with Crippen LogP contribution < -0.4 is 0 Å². The molecule has 0 N–H and O–H groups in total. The molecule has 4 rings (SSSR count). The summed E-state index contributed by atoms with van der Waals surface area (Å²) in [5.41, 5.74) is 0.158. The van der Waals surface area contributed by atoms with E-state index in [4.69, 9.17) is 0 Å². The summed E-state index contributed by atoms with van der Waals surface area (Å²) in [6.07, 6.45) is 0. The zero-order valence-electron chi connectivity index (χ0n) is 9.62. The molecule has 0 aliphatic heterocycles. The van der Waals surface area contributed by atoms with Crippen molar-refractivity contribution in [3.8, 4) is 0 Å². The van der Waals surface area contributed by atoms with Crippen LogP contribution in [-0.4, -0.2) is 4.92 Å². The molecule has 0 aliphatic carbocycles. The normalized spacial score (nSPS) is 11.6. The van der Waals surface area contributed by atoms with E-state index in [2.05, 4.69) is 12.1 Å². The minimum Gasteiger partial charge on any atom is -0.258 e. The average molecular weight is 285 g/mol. The number of non-ortho nitro benzene ring substituents is 1. The second-order valence-electron chi connectivity index (χ2n) is 4.30. The second kappa shape index (κ2) is 3.76. The number of benzene rings is 2. The zero-order chi connectivity index (χ0) is 13.0. The van der Waals surface area contributed by atoms with Crippen molar-refractivity contribution >= 4 is 57.9 Å². The molecule has 2 aromatic carbocycles. The molecule has 0 aliphatic rings. The van der Waals surface area contributed by atoms with Gasteiger partial charge >= 0.3 is 0 Å². The SMILES string of the molecule is O=[N+]([O-])c1ccc2c(c1)sc1c3ccccc3sc21. The molecule has 19 heavy (non-hydrogen) atoms. The Hall–Kier alpha value is -1.98. The topological polar surface area (TPSA) is 43.1 Å². The fourth-order valence-electron chi connectivity index (χ4n) is 2.31. The summed E-state index contributed by atoms with van der Waals surface area (Å²) < 4.78 is 4.72. The minimum atomic E-state index is -0.342. The Labute approximate surface area is 115 Å². The quantitative estimate of drug-likeness (QED) is 0.357. The molecule has 2 heterocycles. The molecule has 2 aromatic heterocycles. The standard InChI is InChI=1S/C14H7NO2S2/c16-15(17)8-5-6-10-12(7-8)19-13-9-3-1-2-4-11(9)18-14(10)13/h1-7H. The van der Waals surface area contributed by atoms with E-state index < -0.39 is 0 Å². The van der Waals surface area contributed by atoms with E-state index in [1.165, 1.54) is 19.5 Å². The molecule has 92 valence electrons. The Kier molecular flexibility index (Phi) is 2.15. The van der Waals surface area contributed by atoms with Crippen LogP contribution in [0.25, 0.3) is 29.6 Å². The highest BCUT2D eigenvalue weighted by atomic mass is 32.1. The Bertz CT molecular complexity index is 952. The number of hydrogen-bond donors (Lipinski definition) is 0. The lowest BCUT2D eigenvalue weighted by atomic mass is 10.2. The van der Waals surface area contributed by atoms with Gasteiger partial charge in [-0.2, -0.15) is 0 Å². The van der Waals surface area contributed by atoms with Gasteiger partial charge in [0.2, 0.25) is 0 Å². The summed E-state index contributed by atoms with van der Waals surface area (Å²) >= 11 is 3.39. The molecule has 0 unspecified atom stereocenters. The van der Waals surface area contributed by atoms with Crippen LogP contribution in [0.15, 0.2) is 42.5 Å². The first-order valence-electron chi connectivity index (χ1n) is 5.72. The van der Waals surface area contributed by atoms with Crippen molar-refractivity contribution in [3.63, 3.8) is 0 Å². The number of hydrogen-bond acceptors (Lipinski definition) is 4. The molecule has 0 saturated heterocycles. The third-order valence-corrected chi connectivity index (χ3v) is 5.70. The van der Waals surface area contributed by atoms with Gasteiger partial charge in [0.1, 0.15) is 0 Å². The van der Waals surface area contributed by atoms with Crippen molar-refractivity contribution in [1.29, 1.82) is 0 Å². The lowest BCUT2D eigenvalue weighted by molar-refractivity contribution is -0.384. The molecule has 4 aromatic rings. The van der Waals surface area contributed by atoms with Gasteiger partial charge in [-0.25, -0.2) is 0 Å². The molecular formula is C14H7NO2S2. The largest absolute Gasteiger partial charge is 0.270 e. The predicted molar refractivity (Wildman–Crippen MR) is 81.4 cm³/mol. The van der Waals surface area contributed by atoms with E-state index in [0.29, 0.717) is 0 Å². The molecule has 0 bridgehead atoms. The van der Waals surface area contributed by atoms with Crippen molar-refractivity contribution in [3.05, 3.63) is 52.6 Å². The lowest BCUT2D eigenvalue weighted by Gasteiger charge is -1.91. The number of fused-ring (bicyclic) bond motifs is 5. The van der Waals surface area contributed by atoms with E-state index in [9.17, 15) is 10.1 Å². The van der Waals surface area contributed by atoms with Gasteiger partial charge in [-0.3, -0.25) is 10.1 Å². The van der Waals surface area contributed by atoms with E-state index in [0.717, 1.165) is 10.1 Å². The number of nitro groups is 1. The van der Waals surface area contributed by atoms with Gasteiger partial charge < -0.3 is 0 Å². The summed E-state index contributed by atoms with van der Waals surface area (Å²) in [6.45, 7) is 0. The first-order chi connectivity index (χ1) is 9.24. The Morgan fingerprint density at radius 2 is 1.58 bits per heavy atom. The molecule has 0 spiro atoms. The van der Waals surface area contributed by atoms with Crippen molar-refractivity contribution in [2.24, 2.45) is 0 Å². The van der Waals surface area contributed by atoms with Crippen LogP contribution in [0.4, 0.5) is 5.69 Å². The van der Waals surface area contributed by atoms with Gasteiger partial charge in [-0.05, 0) is 12.1 Å². The highest BCUT2D eigenvalue weighted by molar-refractivity contribution is 7.36. The van der Waals surface area contributed by atoms with Crippen LogP contribution in [0, 0.1) is 10.1 Å². The summed E-state index contributed by atoms with van der Waals surface area (Å²) in [4.78, 5) is 10.5. The van der Waals surface area contributed by atoms with Gasteiger partial charge in [0.05, 0.1) is 14.3 Å². The highest BCUT2D eigenvalue weighted by Gasteiger charge is 2.14. The molecule has 5 heteroatoms. The summed E-state index contributed by atoms with van der Waals surface area (Å²) in [5, 5.41) is 13.2. The van der Waals surface area contributed by atoms with Gasteiger partial charge in [0, 0.05) is 32.3 Å². The van der Waals surface area contributed by atoms with Gasteiger partial charge in [-0.15, -0.1) is 22.7 Å². The number of thiophene rings is 2. The zero-order valence-corrected chi connectivity index (χ0v) is 11.3. The van der Waals surface area contributed by atoms with E-state index in [1.54, 1.807) is 34.8 Å². The van der Waals surface area contributed by atoms with Crippen LogP contribution in [0.5, 0.6) is 0 Å². The van der Waals surface area contributed by atoms with E-state index in [-0.39, 0.29) is 10.6 Å². The van der Waals surface area contributed by atoms with Crippen molar-refractivity contribution in [2.45, 2.75) is 0 Å². The summed E-state index contributed by atoms with van der Waals surface area (Å²) in [7, 11) is 0. The average Bonchev–Trinajstić information content (AvgIpc) is 2.93. The van der Waals surface area contributed by atoms with E-state index >= 15 is 0 Å². The highest BCUT2D eigenvalue weighted by Crippen LogP contribution is 2.44. The van der Waals surface area contributed by atoms with Crippen LogP contribution in [0.2, 0.25) is 0 Å². The van der Waals surface area contributed by atoms with Crippen LogP contribution in [0.3, 0.4) is 0 Å².